The Hall–Kier alpha value is -1.82. The molecule has 0 N–H and O–H groups in total. The highest BCUT2D eigenvalue weighted by molar-refractivity contribution is 6.37. The van der Waals surface area contributed by atoms with Crippen LogP contribution in [0.5, 0.6) is 0 Å². The first-order valence-corrected chi connectivity index (χ1v) is 6.72. The molecule has 0 spiro atoms. The lowest BCUT2D eigenvalue weighted by Crippen LogP contribution is -2.06. The number of fused-ring (bicyclic) bond motifs is 1. The van der Waals surface area contributed by atoms with Gasteiger partial charge in [-0.3, -0.25) is 10.1 Å². The van der Waals surface area contributed by atoms with E-state index in [-0.39, 0.29) is 34.5 Å². The smallest absolute Gasteiger partial charge is 0.258 e. The number of benzene rings is 1. The number of nitrogens with zero attached hydrogens (tertiary/aromatic N) is 2. The molecule has 1 aromatic carbocycles. The van der Waals surface area contributed by atoms with Gasteiger partial charge in [0.25, 0.3) is 0 Å². The molecule has 1 aromatic heterocycles. The van der Waals surface area contributed by atoms with E-state index in [2.05, 4.69) is 4.98 Å². The number of aromatic nitrogens is 1. The summed E-state index contributed by atoms with van der Waals surface area (Å²) < 4.78 is 28.2. The minimum Gasteiger partial charge on any atom is -0.258 e. The van der Waals surface area contributed by atoms with Crippen molar-refractivity contribution in [3.8, 4) is 0 Å². The molecule has 1 heterocycles. The van der Waals surface area contributed by atoms with Gasteiger partial charge in [-0.05, 0) is 30.9 Å². The van der Waals surface area contributed by atoms with Gasteiger partial charge in [-0.1, -0.05) is 25.4 Å². The van der Waals surface area contributed by atoms with E-state index in [1.54, 1.807) is 0 Å². The van der Waals surface area contributed by atoms with Gasteiger partial charge < -0.3 is 0 Å². The van der Waals surface area contributed by atoms with Crippen molar-refractivity contribution in [1.82, 2.24) is 4.98 Å². The minimum atomic E-state index is -0.789. The molecule has 0 saturated heterocycles. The van der Waals surface area contributed by atoms with Crippen molar-refractivity contribution in [2.24, 2.45) is 5.92 Å². The Morgan fingerprint density at radius 3 is 2.57 bits per heavy atom. The van der Waals surface area contributed by atoms with Crippen LogP contribution in [0.2, 0.25) is 5.02 Å². The molecule has 0 unspecified atom stereocenters. The standard InChI is InChI=1S/C14H13ClF2N2O2/c1-6(2)4-9-14(19(20)21)11(15)10-12(17)7(3)5-8(16)13(10)18-9/h5-6H,4H2,1-3H3. The van der Waals surface area contributed by atoms with Gasteiger partial charge in [0.1, 0.15) is 27.9 Å². The van der Waals surface area contributed by atoms with Crippen molar-refractivity contribution in [2.45, 2.75) is 27.2 Å². The van der Waals surface area contributed by atoms with E-state index in [0.29, 0.717) is 0 Å². The SMILES string of the molecule is Cc1cc(F)c2nc(CC(C)C)c([N+](=O)[O-])c(Cl)c2c1F. The maximum Gasteiger partial charge on any atom is 0.309 e. The molecule has 7 heteroatoms. The quantitative estimate of drug-likeness (QED) is 0.615. The predicted molar refractivity (Wildman–Crippen MR) is 76.6 cm³/mol. The zero-order valence-electron chi connectivity index (χ0n) is 11.7. The lowest BCUT2D eigenvalue weighted by atomic mass is 10.0. The number of rotatable bonds is 3. The summed E-state index contributed by atoms with van der Waals surface area (Å²) in [5, 5.41) is 10.5. The highest BCUT2D eigenvalue weighted by atomic mass is 35.5. The molecule has 0 bridgehead atoms. The van der Waals surface area contributed by atoms with E-state index in [0.717, 1.165) is 6.07 Å². The van der Waals surface area contributed by atoms with Crippen LogP contribution in [-0.2, 0) is 6.42 Å². The summed E-state index contributed by atoms with van der Waals surface area (Å²) in [5.41, 5.74) is -0.643. The summed E-state index contributed by atoms with van der Waals surface area (Å²) in [6.07, 6.45) is 0.251. The molecule has 0 saturated carbocycles. The fourth-order valence-corrected chi connectivity index (χ4v) is 2.55. The average Bonchev–Trinajstić information content (AvgIpc) is 2.34. The van der Waals surface area contributed by atoms with Gasteiger partial charge in [-0.15, -0.1) is 0 Å². The second kappa shape index (κ2) is 5.52. The third-order valence-electron chi connectivity index (χ3n) is 3.10. The molecule has 0 aliphatic heterocycles. The lowest BCUT2D eigenvalue weighted by molar-refractivity contribution is -0.385. The predicted octanol–water partition coefficient (Wildman–Crippen LogP) is 4.58. The van der Waals surface area contributed by atoms with Crippen molar-refractivity contribution in [1.29, 1.82) is 0 Å². The van der Waals surface area contributed by atoms with Gasteiger partial charge in [0, 0.05) is 0 Å². The summed E-state index contributed by atoms with van der Waals surface area (Å²) in [4.78, 5) is 14.5. The van der Waals surface area contributed by atoms with E-state index in [1.165, 1.54) is 6.92 Å². The molecular weight excluding hydrogens is 302 g/mol. The highest BCUT2D eigenvalue weighted by Crippen LogP contribution is 2.38. The second-order valence-electron chi connectivity index (χ2n) is 5.29. The Morgan fingerprint density at radius 1 is 1.43 bits per heavy atom. The van der Waals surface area contributed by atoms with Crippen molar-refractivity contribution in [3.63, 3.8) is 0 Å². The number of pyridine rings is 1. The molecule has 2 aromatic rings. The molecule has 0 atom stereocenters. The van der Waals surface area contributed by atoms with Crippen LogP contribution >= 0.6 is 11.6 Å². The first kappa shape index (κ1) is 15.6. The van der Waals surface area contributed by atoms with Crippen LogP contribution in [0.15, 0.2) is 6.07 Å². The minimum absolute atomic E-state index is 0.0228. The van der Waals surface area contributed by atoms with E-state index in [1.807, 2.05) is 13.8 Å². The van der Waals surface area contributed by atoms with Crippen LogP contribution in [0.1, 0.15) is 25.1 Å². The largest absolute Gasteiger partial charge is 0.309 e. The van der Waals surface area contributed by atoms with E-state index >= 15 is 0 Å². The molecule has 0 aliphatic rings. The fraction of sp³-hybridized carbons (Fsp3) is 0.357. The fourth-order valence-electron chi connectivity index (χ4n) is 2.20. The van der Waals surface area contributed by atoms with E-state index in [9.17, 15) is 18.9 Å². The van der Waals surface area contributed by atoms with Crippen molar-refractivity contribution in [2.75, 3.05) is 0 Å². The molecule has 0 fully saturated rings. The third kappa shape index (κ3) is 2.68. The zero-order chi connectivity index (χ0) is 15.9. The topological polar surface area (TPSA) is 56.0 Å². The van der Waals surface area contributed by atoms with Crippen LogP contribution in [-0.4, -0.2) is 9.91 Å². The average molecular weight is 315 g/mol. The first-order chi connectivity index (χ1) is 9.73. The first-order valence-electron chi connectivity index (χ1n) is 6.35. The molecule has 21 heavy (non-hydrogen) atoms. The van der Waals surface area contributed by atoms with Crippen molar-refractivity contribution < 1.29 is 13.7 Å². The normalized spacial score (nSPS) is 11.4. The molecule has 0 aliphatic carbocycles. The van der Waals surface area contributed by atoms with Gasteiger partial charge in [0.15, 0.2) is 0 Å². The Bertz CT molecular complexity index is 748. The summed E-state index contributed by atoms with van der Waals surface area (Å²) >= 11 is 5.99. The summed E-state index contributed by atoms with van der Waals surface area (Å²) in [6.45, 7) is 5.05. The summed E-state index contributed by atoms with van der Waals surface area (Å²) in [5.74, 6) is -1.48. The lowest BCUT2D eigenvalue weighted by Gasteiger charge is -2.11. The van der Waals surface area contributed by atoms with E-state index in [4.69, 9.17) is 11.6 Å². The van der Waals surface area contributed by atoms with Crippen molar-refractivity contribution >= 4 is 28.2 Å². The van der Waals surface area contributed by atoms with Crippen LogP contribution in [0.3, 0.4) is 0 Å². The number of halogens is 3. The number of nitro groups is 1. The molecule has 0 radical (unpaired) electrons. The van der Waals surface area contributed by atoms with Gasteiger partial charge in [-0.2, -0.15) is 0 Å². The van der Waals surface area contributed by atoms with Crippen molar-refractivity contribution in [3.05, 3.63) is 44.1 Å². The molecular formula is C14H13ClF2N2O2. The van der Waals surface area contributed by atoms with Crippen LogP contribution in [0.25, 0.3) is 10.9 Å². The third-order valence-corrected chi connectivity index (χ3v) is 3.47. The Morgan fingerprint density at radius 2 is 2.05 bits per heavy atom. The molecule has 4 nitrogen and oxygen atoms in total. The maximum atomic E-state index is 14.2. The van der Waals surface area contributed by atoms with E-state index < -0.39 is 27.3 Å². The number of aryl methyl sites for hydroxylation is 1. The maximum absolute atomic E-state index is 14.2. The van der Waals surface area contributed by atoms with Gasteiger partial charge in [-0.25, -0.2) is 13.8 Å². The molecule has 2 rings (SSSR count). The van der Waals surface area contributed by atoms with Crippen LogP contribution < -0.4 is 0 Å². The molecule has 112 valence electrons. The second-order valence-corrected chi connectivity index (χ2v) is 5.67. The summed E-state index contributed by atoms with van der Waals surface area (Å²) in [7, 11) is 0. The number of hydrogen-bond donors (Lipinski definition) is 0. The Kier molecular flexibility index (Phi) is 4.09. The highest BCUT2D eigenvalue weighted by Gasteiger charge is 2.27. The van der Waals surface area contributed by atoms with Crippen LogP contribution in [0, 0.1) is 34.6 Å². The Balaban J connectivity index is 2.94. The van der Waals surface area contributed by atoms with Gasteiger partial charge in [0.2, 0.25) is 0 Å². The summed E-state index contributed by atoms with van der Waals surface area (Å²) in [6, 6.07) is 1.01. The van der Waals surface area contributed by atoms with Gasteiger partial charge in [0.05, 0.1) is 10.3 Å². The van der Waals surface area contributed by atoms with Crippen LogP contribution in [0.4, 0.5) is 14.5 Å². The number of hydrogen-bond acceptors (Lipinski definition) is 3. The monoisotopic (exact) mass is 314 g/mol. The van der Waals surface area contributed by atoms with Gasteiger partial charge >= 0.3 is 5.69 Å². The molecule has 0 amide bonds. The Labute approximate surface area is 124 Å². The zero-order valence-corrected chi connectivity index (χ0v) is 12.5.